The molecule has 0 bridgehead atoms. The van der Waals surface area contributed by atoms with Gasteiger partial charge in [0.25, 0.3) is 0 Å². The van der Waals surface area contributed by atoms with Gasteiger partial charge in [-0.05, 0) is 36.4 Å². The minimum Gasteiger partial charge on any atom is -0.505 e. The van der Waals surface area contributed by atoms with E-state index in [2.05, 4.69) is 10.3 Å². The Morgan fingerprint density at radius 1 is 1.21 bits per heavy atom. The Labute approximate surface area is 180 Å². The van der Waals surface area contributed by atoms with Gasteiger partial charge >= 0.3 is 0 Å². The predicted octanol–water partition coefficient (Wildman–Crippen LogP) is 4.94. The van der Waals surface area contributed by atoms with E-state index in [-0.39, 0.29) is 34.0 Å². The topological polar surface area (TPSA) is 82.0 Å². The normalized spacial score (nSPS) is 18.4. The number of benzene rings is 2. The van der Waals surface area contributed by atoms with Crippen molar-refractivity contribution in [1.29, 1.82) is 0 Å². The molecule has 1 aliphatic rings. The van der Waals surface area contributed by atoms with Crippen molar-refractivity contribution in [3.63, 3.8) is 0 Å². The molecule has 6 nitrogen and oxygen atoms in total. The van der Waals surface area contributed by atoms with E-state index in [4.69, 9.17) is 34.8 Å². The van der Waals surface area contributed by atoms with Crippen LogP contribution in [0.3, 0.4) is 0 Å². The Balaban J connectivity index is 1.81. The number of aliphatic imine (C=N–C) groups is 1. The Morgan fingerprint density at radius 3 is 2.43 bits per heavy atom. The molecule has 1 heterocycles. The van der Waals surface area contributed by atoms with Crippen molar-refractivity contribution in [2.75, 3.05) is 12.4 Å². The molecule has 2 aromatic rings. The average molecular weight is 459 g/mol. The number of thioether (sulfide) groups is 1. The second-order valence-corrected chi connectivity index (χ2v) is 8.33. The lowest BCUT2D eigenvalue weighted by Gasteiger charge is -2.28. The maximum absolute atomic E-state index is 12.6. The number of nitrogens with zero attached hydrogens (tertiary/aromatic N) is 2. The average Bonchev–Trinajstić information content (AvgIpc) is 2.65. The molecule has 0 spiro atoms. The highest BCUT2D eigenvalue weighted by molar-refractivity contribution is 8.15. The van der Waals surface area contributed by atoms with Gasteiger partial charge in [-0.3, -0.25) is 14.5 Å². The van der Waals surface area contributed by atoms with E-state index in [1.54, 1.807) is 31.3 Å². The summed E-state index contributed by atoms with van der Waals surface area (Å²) in [7, 11) is 1.57. The maximum atomic E-state index is 12.6. The van der Waals surface area contributed by atoms with E-state index in [0.29, 0.717) is 21.6 Å². The van der Waals surface area contributed by atoms with E-state index in [0.717, 1.165) is 11.8 Å². The Hall–Kier alpha value is -1.93. The molecule has 0 aromatic heterocycles. The van der Waals surface area contributed by atoms with E-state index in [1.165, 1.54) is 17.0 Å². The van der Waals surface area contributed by atoms with Crippen LogP contribution < -0.4 is 5.32 Å². The zero-order chi connectivity index (χ0) is 20.4. The maximum Gasteiger partial charge on any atom is 0.238 e. The van der Waals surface area contributed by atoms with Crippen LogP contribution in [0.15, 0.2) is 41.4 Å². The number of rotatable bonds is 3. The molecule has 2 amide bonds. The Bertz CT molecular complexity index is 943. The molecular formula is C18H14Cl3N3O3S. The lowest BCUT2D eigenvalue weighted by atomic mass is 10.2. The molecule has 28 heavy (non-hydrogen) atoms. The number of amidine groups is 1. The number of nitrogens with one attached hydrogen (secondary N) is 1. The van der Waals surface area contributed by atoms with Gasteiger partial charge < -0.3 is 10.4 Å². The third kappa shape index (κ3) is 4.72. The first-order chi connectivity index (χ1) is 13.2. The molecule has 2 aromatic carbocycles. The monoisotopic (exact) mass is 457 g/mol. The highest BCUT2D eigenvalue weighted by atomic mass is 35.5. The van der Waals surface area contributed by atoms with Crippen molar-refractivity contribution in [3.8, 4) is 5.75 Å². The molecule has 2 N–H and O–H groups in total. The zero-order valence-electron chi connectivity index (χ0n) is 14.4. The lowest BCUT2D eigenvalue weighted by Crippen LogP contribution is -2.43. The number of carbonyl (C=O) groups is 2. The Morgan fingerprint density at radius 2 is 1.82 bits per heavy atom. The van der Waals surface area contributed by atoms with Gasteiger partial charge in [0.05, 0.1) is 15.7 Å². The van der Waals surface area contributed by atoms with Crippen molar-refractivity contribution in [2.24, 2.45) is 4.99 Å². The quantitative estimate of drug-likeness (QED) is 0.682. The zero-order valence-corrected chi connectivity index (χ0v) is 17.5. The second kappa shape index (κ2) is 8.61. The SMILES string of the molecule is CN1C(=O)C[C@@H](C(=O)Nc2ccc(Cl)cc2)SC1=Nc1cc(Cl)c(O)c(Cl)c1. The molecule has 1 atom stereocenters. The van der Waals surface area contributed by atoms with Crippen LogP contribution in [-0.2, 0) is 9.59 Å². The van der Waals surface area contributed by atoms with Crippen LogP contribution >= 0.6 is 46.6 Å². The molecule has 1 aliphatic heterocycles. The third-order valence-electron chi connectivity index (χ3n) is 3.90. The number of carbonyl (C=O) groups excluding carboxylic acids is 2. The van der Waals surface area contributed by atoms with Gasteiger partial charge in [0.15, 0.2) is 10.9 Å². The number of halogens is 3. The molecule has 3 rings (SSSR count). The van der Waals surface area contributed by atoms with Crippen molar-refractivity contribution in [1.82, 2.24) is 4.90 Å². The predicted molar refractivity (Wildman–Crippen MR) is 114 cm³/mol. The van der Waals surface area contributed by atoms with Gasteiger partial charge in [-0.1, -0.05) is 46.6 Å². The molecule has 0 saturated carbocycles. The molecule has 10 heteroatoms. The van der Waals surface area contributed by atoms with E-state index < -0.39 is 5.25 Å². The summed E-state index contributed by atoms with van der Waals surface area (Å²) in [4.78, 5) is 30.7. The van der Waals surface area contributed by atoms with Crippen LogP contribution in [-0.4, -0.2) is 39.3 Å². The first-order valence-corrected chi connectivity index (χ1v) is 10.0. The molecule has 0 unspecified atom stereocenters. The van der Waals surface area contributed by atoms with Crippen LogP contribution in [0.25, 0.3) is 0 Å². The fourth-order valence-corrected chi connectivity index (χ4v) is 4.05. The molecule has 146 valence electrons. The highest BCUT2D eigenvalue weighted by Crippen LogP contribution is 2.37. The van der Waals surface area contributed by atoms with Crippen molar-refractivity contribution < 1.29 is 14.7 Å². The van der Waals surface area contributed by atoms with Gasteiger partial charge in [0.1, 0.15) is 5.25 Å². The number of hydrogen-bond donors (Lipinski definition) is 2. The Kier molecular flexibility index (Phi) is 6.40. The number of anilines is 1. The van der Waals surface area contributed by atoms with Gasteiger partial charge in [0.2, 0.25) is 11.8 Å². The van der Waals surface area contributed by atoms with Crippen LogP contribution in [0.5, 0.6) is 5.75 Å². The van der Waals surface area contributed by atoms with Crippen molar-refractivity contribution in [3.05, 3.63) is 51.5 Å². The van der Waals surface area contributed by atoms with Gasteiger partial charge in [-0.2, -0.15) is 0 Å². The molecular weight excluding hydrogens is 445 g/mol. The summed E-state index contributed by atoms with van der Waals surface area (Å²) in [6, 6.07) is 9.52. The first-order valence-electron chi connectivity index (χ1n) is 8.01. The minimum atomic E-state index is -0.652. The highest BCUT2D eigenvalue weighted by Gasteiger charge is 2.34. The smallest absolute Gasteiger partial charge is 0.238 e. The number of hydrogen-bond acceptors (Lipinski definition) is 5. The minimum absolute atomic E-state index is 0.0384. The van der Waals surface area contributed by atoms with Gasteiger partial charge in [-0.25, -0.2) is 4.99 Å². The summed E-state index contributed by atoms with van der Waals surface area (Å²) in [5.74, 6) is -0.804. The standard InChI is InChI=1S/C18H14Cl3N3O3S/c1-24-15(25)8-14(17(27)22-10-4-2-9(19)3-5-10)28-18(24)23-11-6-12(20)16(26)13(21)7-11/h2-7,14,26H,8H2,1H3,(H,22,27)/t14-/m0/s1. The number of phenolic OH excluding ortho intramolecular Hbond substituents is 1. The van der Waals surface area contributed by atoms with Crippen LogP contribution in [0.1, 0.15) is 6.42 Å². The summed E-state index contributed by atoms with van der Waals surface area (Å²) >= 11 is 18.8. The molecule has 1 fully saturated rings. The lowest BCUT2D eigenvalue weighted by molar-refractivity contribution is -0.128. The summed E-state index contributed by atoms with van der Waals surface area (Å²) < 4.78 is 0. The van der Waals surface area contributed by atoms with Crippen molar-refractivity contribution in [2.45, 2.75) is 11.7 Å². The summed E-state index contributed by atoms with van der Waals surface area (Å²) in [6.45, 7) is 0. The molecule has 0 radical (unpaired) electrons. The van der Waals surface area contributed by atoms with Crippen molar-refractivity contribution >= 4 is 74.9 Å². The number of amides is 2. The van der Waals surface area contributed by atoms with Crippen LogP contribution in [0.4, 0.5) is 11.4 Å². The summed E-state index contributed by atoms with van der Waals surface area (Å²) in [5.41, 5.74) is 0.936. The van der Waals surface area contributed by atoms with E-state index >= 15 is 0 Å². The van der Waals surface area contributed by atoms with Crippen LogP contribution in [0, 0.1) is 0 Å². The van der Waals surface area contributed by atoms with Crippen LogP contribution in [0.2, 0.25) is 15.1 Å². The fraction of sp³-hybridized carbons (Fsp3) is 0.167. The summed E-state index contributed by atoms with van der Waals surface area (Å²) in [6.07, 6.45) is 0.0384. The molecule has 1 saturated heterocycles. The van der Waals surface area contributed by atoms with E-state index in [1.807, 2.05) is 0 Å². The largest absolute Gasteiger partial charge is 0.505 e. The number of phenols is 1. The van der Waals surface area contributed by atoms with Gasteiger partial charge in [0, 0.05) is 24.2 Å². The number of aromatic hydroxyl groups is 1. The summed E-state index contributed by atoms with van der Waals surface area (Å²) in [5, 5.41) is 12.7. The van der Waals surface area contributed by atoms with E-state index in [9.17, 15) is 14.7 Å². The second-order valence-electron chi connectivity index (χ2n) is 5.91. The third-order valence-corrected chi connectivity index (χ3v) is 5.97. The first kappa shape index (κ1) is 20.8. The molecule has 0 aliphatic carbocycles. The van der Waals surface area contributed by atoms with Gasteiger partial charge in [-0.15, -0.1) is 0 Å². The fourth-order valence-electron chi connectivity index (χ4n) is 2.38.